The standard InChI is InChI=1S/C61H37N5/c1-2-16-40(17-3-1)59-62-60(44-27-26-38-14-4-5-18-41(38)32-44)64-61(63-59)54-37-47(33-43-19-7-8-20-48(43)54)65-55-24-12-11-23-51(55)53-35-42-28-30-46(34-45(42)36-57(53)65)66-56-25-13-10-22-50(56)52-31-29-39-15-6-9-21-49(39)58(52)66/h1-37H. The molecule has 3 heterocycles. The van der Waals surface area contributed by atoms with Crippen molar-refractivity contribution < 1.29 is 0 Å². The molecule has 11 aromatic carbocycles. The maximum absolute atomic E-state index is 5.31. The van der Waals surface area contributed by atoms with Crippen molar-refractivity contribution in [1.29, 1.82) is 0 Å². The normalized spacial score (nSPS) is 11.9. The molecular formula is C61H37N5. The van der Waals surface area contributed by atoms with Gasteiger partial charge in [-0.1, -0.05) is 170 Å². The van der Waals surface area contributed by atoms with E-state index in [1.54, 1.807) is 0 Å². The first-order chi connectivity index (χ1) is 32.7. The Bertz CT molecular complexity index is 4290. The van der Waals surface area contributed by atoms with E-state index in [0.717, 1.165) is 55.3 Å². The van der Waals surface area contributed by atoms with Gasteiger partial charge in [0, 0.05) is 55.0 Å². The van der Waals surface area contributed by atoms with E-state index >= 15 is 0 Å². The Balaban J connectivity index is 1.01. The van der Waals surface area contributed by atoms with Gasteiger partial charge in [-0.2, -0.15) is 0 Å². The minimum absolute atomic E-state index is 0.625. The van der Waals surface area contributed by atoms with Crippen molar-refractivity contribution in [2.75, 3.05) is 0 Å². The number of aromatic nitrogens is 5. The number of benzene rings is 11. The van der Waals surface area contributed by atoms with Crippen molar-refractivity contribution in [2.45, 2.75) is 0 Å². The SMILES string of the molecule is c1ccc(-c2nc(-c3ccc4ccccc4c3)nc(-c3cc(-n4c5ccccc5c5cc6ccc(-n7c8ccccc8c8ccc9ccccc9c87)cc6cc54)cc4ccccc34)n2)cc1. The molecule has 306 valence electrons. The minimum atomic E-state index is 0.625. The minimum Gasteiger partial charge on any atom is -0.309 e. The Kier molecular flexibility index (Phi) is 7.91. The van der Waals surface area contributed by atoms with Gasteiger partial charge < -0.3 is 9.13 Å². The van der Waals surface area contributed by atoms with Gasteiger partial charge in [-0.3, -0.25) is 0 Å². The molecule has 0 amide bonds. The summed E-state index contributed by atoms with van der Waals surface area (Å²) in [6, 6.07) is 80.6. The fourth-order valence-corrected chi connectivity index (χ4v) is 10.4. The van der Waals surface area contributed by atoms with Gasteiger partial charge in [-0.25, -0.2) is 15.0 Å². The third kappa shape index (κ3) is 5.63. The lowest BCUT2D eigenvalue weighted by atomic mass is 10.0. The van der Waals surface area contributed by atoms with Gasteiger partial charge in [0.1, 0.15) is 0 Å². The van der Waals surface area contributed by atoms with Gasteiger partial charge in [0.15, 0.2) is 17.5 Å². The van der Waals surface area contributed by atoms with E-state index in [1.807, 2.05) is 18.2 Å². The molecule has 0 aliphatic heterocycles. The highest BCUT2D eigenvalue weighted by atomic mass is 15.0. The molecule has 3 aromatic heterocycles. The highest BCUT2D eigenvalue weighted by Crippen LogP contribution is 2.41. The first-order valence-corrected chi connectivity index (χ1v) is 22.4. The molecule has 0 radical (unpaired) electrons. The van der Waals surface area contributed by atoms with Crippen LogP contribution in [0.1, 0.15) is 0 Å². The summed E-state index contributed by atoms with van der Waals surface area (Å²) in [6.45, 7) is 0. The Morgan fingerprint density at radius 3 is 1.65 bits per heavy atom. The van der Waals surface area contributed by atoms with Gasteiger partial charge in [0.25, 0.3) is 0 Å². The van der Waals surface area contributed by atoms with E-state index in [2.05, 4.69) is 215 Å². The summed E-state index contributed by atoms with van der Waals surface area (Å²) in [5, 5.41) is 14.2. The Hall–Kier alpha value is -8.93. The summed E-state index contributed by atoms with van der Waals surface area (Å²) in [5.41, 5.74) is 9.67. The lowest BCUT2D eigenvalue weighted by Crippen LogP contribution is -2.02. The lowest BCUT2D eigenvalue weighted by molar-refractivity contribution is 1.07. The number of hydrogen-bond donors (Lipinski definition) is 0. The number of rotatable bonds is 5. The molecule has 66 heavy (non-hydrogen) atoms. The van der Waals surface area contributed by atoms with E-state index in [0.29, 0.717) is 17.5 Å². The van der Waals surface area contributed by atoms with Crippen LogP contribution in [-0.4, -0.2) is 24.1 Å². The monoisotopic (exact) mass is 839 g/mol. The second kappa shape index (κ2) is 14.3. The summed E-state index contributed by atoms with van der Waals surface area (Å²) in [7, 11) is 0. The van der Waals surface area contributed by atoms with Gasteiger partial charge >= 0.3 is 0 Å². The van der Waals surface area contributed by atoms with Gasteiger partial charge in [-0.05, 0) is 92.3 Å². The average molecular weight is 840 g/mol. The van der Waals surface area contributed by atoms with Crippen molar-refractivity contribution in [2.24, 2.45) is 0 Å². The highest BCUT2D eigenvalue weighted by molar-refractivity contribution is 6.19. The summed E-state index contributed by atoms with van der Waals surface area (Å²) < 4.78 is 4.87. The molecule has 0 aliphatic carbocycles. The molecule has 14 rings (SSSR count). The number of nitrogens with zero attached hydrogens (tertiary/aromatic N) is 5. The summed E-state index contributed by atoms with van der Waals surface area (Å²) in [6.07, 6.45) is 0. The number of para-hydroxylation sites is 2. The van der Waals surface area contributed by atoms with Crippen LogP contribution in [0.4, 0.5) is 0 Å². The first-order valence-electron chi connectivity index (χ1n) is 22.4. The van der Waals surface area contributed by atoms with E-state index in [-0.39, 0.29) is 0 Å². The smallest absolute Gasteiger partial charge is 0.164 e. The maximum atomic E-state index is 5.31. The third-order valence-electron chi connectivity index (χ3n) is 13.5. The van der Waals surface area contributed by atoms with Crippen LogP contribution in [0, 0.1) is 0 Å². The number of fused-ring (bicyclic) bond motifs is 11. The number of hydrogen-bond acceptors (Lipinski definition) is 3. The van der Waals surface area contributed by atoms with Gasteiger partial charge in [-0.15, -0.1) is 0 Å². The summed E-state index contributed by atoms with van der Waals surface area (Å²) >= 11 is 0. The van der Waals surface area contributed by atoms with Crippen LogP contribution < -0.4 is 0 Å². The van der Waals surface area contributed by atoms with Crippen LogP contribution in [0.3, 0.4) is 0 Å². The van der Waals surface area contributed by atoms with Gasteiger partial charge in [0.2, 0.25) is 0 Å². The quantitative estimate of drug-likeness (QED) is 0.173. The van der Waals surface area contributed by atoms with E-state index in [9.17, 15) is 0 Å². The molecule has 0 saturated carbocycles. The Morgan fingerprint density at radius 1 is 0.258 bits per heavy atom. The topological polar surface area (TPSA) is 48.5 Å². The third-order valence-corrected chi connectivity index (χ3v) is 13.5. The van der Waals surface area contributed by atoms with E-state index in [4.69, 9.17) is 15.0 Å². The molecule has 0 unspecified atom stereocenters. The van der Waals surface area contributed by atoms with E-state index < -0.39 is 0 Å². The molecule has 0 N–H and O–H groups in total. The van der Waals surface area contributed by atoms with Crippen molar-refractivity contribution in [3.8, 4) is 45.5 Å². The molecule has 0 bridgehead atoms. The Labute approximate surface area is 379 Å². The summed E-state index contributed by atoms with van der Waals surface area (Å²) in [4.78, 5) is 15.7. The largest absolute Gasteiger partial charge is 0.309 e. The molecule has 5 nitrogen and oxygen atoms in total. The molecular weight excluding hydrogens is 803 g/mol. The average Bonchev–Trinajstić information content (AvgIpc) is 3.90. The molecule has 0 fully saturated rings. The fourth-order valence-electron chi connectivity index (χ4n) is 10.4. The maximum Gasteiger partial charge on any atom is 0.164 e. The zero-order valence-corrected chi connectivity index (χ0v) is 35.6. The second-order valence-corrected chi connectivity index (χ2v) is 17.2. The van der Waals surface area contributed by atoms with Crippen LogP contribution >= 0.6 is 0 Å². The highest BCUT2D eigenvalue weighted by Gasteiger charge is 2.20. The van der Waals surface area contributed by atoms with Crippen molar-refractivity contribution in [3.05, 3.63) is 224 Å². The van der Waals surface area contributed by atoms with Crippen LogP contribution in [-0.2, 0) is 0 Å². The molecule has 14 aromatic rings. The van der Waals surface area contributed by atoms with E-state index in [1.165, 1.54) is 59.5 Å². The van der Waals surface area contributed by atoms with Crippen molar-refractivity contribution in [3.63, 3.8) is 0 Å². The molecule has 0 aliphatic rings. The zero-order chi connectivity index (χ0) is 43.3. The molecule has 0 atom stereocenters. The summed E-state index contributed by atoms with van der Waals surface area (Å²) in [5.74, 6) is 1.89. The zero-order valence-electron chi connectivity index (χ0n) is 35.6. The van der Waals surface area contributed by atoms with Gasteiger partial charge in [0.05, 0.1) is 22.1 Å². The van der Waals surface area contributed by atoms with Crippen LogP contribution in [0.5, 0.6) is 0 Å². The predicted molar refractivity (Wildman–Crippen MR) is 275 cm³/mol. The van der Waals surface area contributed by atoms with Crippen LogP contribution in [0.2, 0.25) is 0 Å². The Morgan fingerprint density at radius 2 is 0.833 bits per heavy atom. The fraction of sp³-hybridized carbons (Fsp3) is 0. The molecule has 0 saturated heterocycles. The molecule has 5 heteroatoms. The lowest BCUT2D eigenvalue weighted by Gasteiger charge is -2.15. The second-order valence-electron chi connectivity index (χ2n) is 17.2. The molecule has 0 spiro atoms. The van der Waals surface area contributed by atoms with Crippen molar-refractivity contribution in [1.82, 2.24) is 24.1 Å². The van der Waals surface area contributed by atoms with Crippen LogP contribution in [0.25, 0.3) is 132 Å². The van der Waals surface area contributed by atoms with Crippen LogP contribution in [0.15, 0.2) is 224 Å². The first kappa shape index (κ1) is 36.5. The van der Waals surface area contributed by atoms with Crippen molar-refractivity contribution >= 4 is 86.7 Å². The predicted octanol–water partition coefficient (Wildman–Crippen LogP) is 15.7.